The minimum Gasteiger partial charge on any atom is -0.467 e. The van der Waals surface area contributed by atoms with Gasteiger partial charge in [-0.3, -0.25) is 4.79 Å². The maximum Gasteiger partial charge on any atom is 0.230 e. The van der Waals surface area contributed by atoms with Crippen molar-refractivity contribution in [1.29, 1.82) is 0 Å². The standard InChI is InChI=1S/C17H19N5O2S/c1-12-6-3-4-8-15(12)13(2)18-16(23)11-25-17-19-20-21-22(17)10-14-7-5-9-24-14/h3-9,13H,10-11H2,1-2H3,(H,18,23). The number of nitrogens with one attached hydrogen (secondary N) is 1. The van der Waals surface area contributed by atoms with Crippen molar-refractivity contribution in [2.75, 3.05) is 5.75 Å². The van der Waals surface area contributed by atoms with Gasteiger partial charge in [-0.05, 0) is 47.5 Å². The predicted molar refractivity (Wildman–Crippen MR) is 94.1 cm³/mol. The van der Waals surface area contributed by atoms with Crippen LogP contribution in [-0.2, 0) is 11.3 Å². The van der Waals surface area contributed by atoms with E-state index in [1.165, 1.54) is 11.8 Å². The van der Waals surface area contributed by atoms with Gasteiger partial charge in [0, 0.05) is 0 Å². The van der Waals surface area contributed by atoms with Crippen LogP contribution in [0.2, 0.25) is 0 Å². The van der Waals surface area contributed by atoms with E-state index in [4.69, 9.17) is 4.42 Å². The lowest BCUT2D eigenvalue weighted by atomic mass is 10.0. The van der Waals surface area contributed by atoms with Crippen LogP contribution >= 0.6 is 11.8 Å². The van der Waals surface area contributed by atoms with Crippen LogP contribution in [0.3, 0.4) is 0 Å². The Morgan fingerprint density at radius 1 is 1.32 bits per heavy atom. The lowest BCUT2D eigenvalue weighted by Crippen LogP contribution is -2.28. The van der Waals surface area contributed by atoms with Gasteiger partial charge in [-0.1, -0.05) is 36.0 Å². The SMILES string of the molecule is Cc1ccccc1C(C)NC(=O)CSc1nnnn1Cc1ccco1. The third-order valence-electron chi connectivity index (χ3n) is 3.75. The molecule has 0 radical (unpaired) electrons. The first kappa shape index (κ1) is 17.2. The molecule has 8 heteroatoms. The minimum atomic E-state index is -0.0618. The maximum absolute atomic E-state index is 12.2. The molecule has 2 heterocycles. The number of furan rings is 1. The fourth-order valence-electron chi connectivity index (χ4n) is 2.51. The Bertz CT molecular complexity index is 831. The molecule has 0 aliphatic heterocycles. The van der Waals surface area contributed by atoms with Crippen LogP contribution in [0.15, 0.2) is 52.2 Å². The second kappa shape index (κ2) is 7.98. The van der Waals surface area contributed by atoms with Crippen molar-refractivity contribution >= 4 is 17.7 Å². The predicted octanol–water partition coefficient (Wildman–Crippen LogP) is 2.59. The molecule has 0 saturated heterocycles. The molecule has 7 nitrogen and oxygen atoms in total. The summed E-state index contributed by atoms with van der Waals surface area (Å²) in [4.78, 5) is 12.2. The Kier molecular flexibility index (Phi) is 5.49. The normalized spacial score (nSPS) is 12.1. The molecule has 1 atom stereocenters. The highest BCUT2D eigenvalue weighted by molar-refractivity contribution is 7.99. The number of aromatic nitrogens is 4. The first-order valence-corrected chi connectivity index (χ1v) is 8.88. The molecule has 0 spiro atoms. The molecule has 25 heavy (non-hydrogen) atoms. The number of carbonyl (C=O) groups excluding carboxylic acids is 1. The minimum absolute atomic E-state index is 0.0478. The van der Waals surface area contributed by atoms with Gasteiger partial charge in [0.2, 0.25) is 11.1 Å². The Hall–Kier alpha value is -2.61. The van der Waals surface area contributed by atoms with Gasteiger partial charge in [-0.25, -0.2) is 4.68 Å². The summed E-state index contributed by atoms with van der Waals surface area (Å²) in [5.41, 5.74) is 2.27. The van der Waals surface area contributed by atoms with E-state index < -0.39 is 0 Å². The summed E-state index contributed by atoms with van der Waals surface area (Å²) < 4.78 is 6.91. The molecule has 3 rings (SSSR count). The quantitative estimate of drug-likeness (QED) is 0.654. The van der Waals surface area contributed by atoms with Crippen LogP contribution in [0.5, 0.6) is 0 Å². The zero-order valence-electron chi connectivity index (χ0n) is 14.0. The van der Waals surface area contributed by atoms with E-state index in [1.807, 2.05) is 50.2 Å². The molecule has 3 aromatic rings. The van der Waals surface area contributed by atoms with E-state index in [2.05, 4.69) is 20.8 Å². The van der Waals surface area contributed by atoms with Crippen LogP contribution in [0.25, 0.3) is 0 Å². The van der Waals surface area contributed by atoms with Gasteiger partial charge >= 0.3 is 0 Å². The molecule has 0 aliphatic carbocycles. The second-order valence-electron chi connectivity index (χ2n) is 5.63. The van der Waals surface area contributed by atoms with Gasteiger partial charge in [0.1, 0.15) is 12.3 Å². The summed E-state index contributed by atoms with van der Waals surface area (Å²) >= 11 is 1.30. The van der Waals surface area contributed by atoms with Crippen LogP contribution < -0.4 is 5.32 Å². The summed E-state index contributed by atoms with van der Waals surface area (Å²) in [7, 11) is 0. The Balaban J connectivity index is 1.54. The summed E-state index contributed by atoms with van der Waals surface area (Å²) in [5.74, 6) is 0.939. The Morgan fingerprint density at radius 3 is 2.92 bits per heavy atom. The first-order chi connectivity index (χ1) is 12.1. The highest BCUT2D eigenvalue weighted by Crippen LogP contribution is 2.18. The summed E-state index contributed by atoms with van der Waals surface area (Å²) in [6, 6.07) is 11.6. The van der Waals surface area contributed by atoms with Gasteiger partial charge in [0.25, 0.3) is 0 Å². The average Bonchev–Trinajstić information content (AvgIpc) is 3.26. The first-order valence-electron chi connectivity index (χ1n) is 7.89. The van der Waals surface area contributed by atoms with Crippen molar-refractivity contribution in [2.45, 2.75) is 31.6 Å². The fourth-order valence-corrected chi connectivity index (χ4v) is 3.20. The number of aryl methyl sites for hydroxylation is 1. The maximum atomic E-state index is 12.2. The Labute approximate surface area is 149 Å². The van der Waals surface area contributed by atoms with E-state index in [1.54, 1.807) is 10.9 Å². The molecule has 1 N–H and O–H groups in total. The monoisotopic (exact) mass is 357 g/mol. The number of nitrogens with zero attached hydrogens (tertiary/aromatic N) is 4. The van der Waals surface area contributed by atoms with Gasteiger partial charge in [0.05, 0.1) is 18.1 Å². The van der Waals surface area contributed by atoms with E-state index in [-0.39, 0.29) is 17.7 Å². The van der Waals surface area contributed by atoms with Crippen LogP contribution in [0.4, 0.5) is 0 Å². The molecular formula is C17H19N5O2S. The zero-order chi connectivity index (χ0) is 17.6. The van der Waals surface area contributed by atoms with Gasteiger partial charge < -0.3 is 9.73 Å². The van der Waals surface area contributed by atoms with Crippen molar-refractivity contribution in [1.82, 2.24) is 25.5 Å². The summed E-state index contributed by atoms with van der Waals surface area (Å²) in [5, 5.41) is 15.2. The van der Waals surface area contributed by atoms with E-state index in [0.29, 0.717) is 11.7 Å². The highest BCUT2D eigenvalue weighted by atomic mass is 32.2. The third-order valence-corrected chi connectivity index (χ3v) is 4.71. The van der Waals surface area contributed by atoms with Crippen molar-refractivity contribution < 1.29 is 9.21 Å². The zero-order valence-corrected chi connectivity index (χ0v) is 14.9. The molecule has 0 aliphatic rings. The molecule has 1 aromatic carbocycles. The molecule has 1 amide bonds. The largest absolute Gasteiger partial charge is 0.467 e. The van der Waals surface area contributed by atoms with E-state index >= 15 is 0 Å². The lowest BCUT2D eigenvalue weighted by Gasteiger charge is -2.16. The molecule has 0 saturated carbocycles. The van der Waals surface area contributed by atoms with Gasteiger partial charge in [-0.2, -0.15) is 0 Å². The fraction of sp³-hybridized carbons (Fsp3) is 0.294. The number of thioether (sulfide) groups is 1. The van der Waals surface area contributed by atoms with Crippen LogP contribution in [0, 0.1) is 6.92 Å². The smallest absolute Gasteiger partial charge is 0.230 e. The van der Waals surface area contributed by atoms with E-state index in [9.17, 15) is 4.79 Å². The number of rotatable bonds is 7. The average molecular weight is 357 g/mol. The number of benzene rings is 1. The number of hydrogen-bond donors (Lipinski definition) is 1. The molecule has 130 valence electrons. The topological polar surface area (TPSA) is 85.8 Å². The molecular weight excluding hydrogens is 338 g/mol. The van der Waals surface area contributed by atoms with Crippen molar-refractivity contribution in [3.05, 3.63) is 59.5 Å². The van der Waals surface area contributed by atoms with Crippen molar-refractivity contribution in [3.63, 3.8) is 0 Å². The Morgan fingerprint density at radius 2 is 2.16 bits per heavy atom. The van der Waals surface area contributed by atoms with Crippen molar-refractivity contribution in [3.8, 4) is 0 Å². The van der Waals surface area contributed by atoms with E-state index in [0.717, 1.165) is 16.9 Å². The third kappa shape index (κ3) is 4.48. The van der Waals surface area contributed by atoms with Crippen LogP contribution in [0.1, 0.15) is 29.9 Å². The molecule has 1 unspecified atom stereocenters. The summed E-state index contributed by atoms with van der Waals surface area (Å²) in [6.07, 6.45) is 1.60. The summed E-state index contributed by atoms with van der Waals surface area (Å²) in [6.45, 7) is 4.45. The molecule has 0 bridgehead atoms. The van der Waals surface area contributed by atoms with Crippen LogP contribution in [-0.4, -0.2) is 31.9 Å². The molecule has 2 aromatic heterocycles. The van der Waals surface area contributed by atoms with Gasteiger partial charge in [0.15, 0.2) is 0 Å². The van der Waals surface area contributed by atoms with Gasteiger partial charge in [-0.15, -0.1) is 5.10 Å². The highest BCUT2D eigenvalue weighted by Gasteiger charge is 2.14. The number of tetrazole rings is 1. The lowest BCUT2D eigenvalue weighted by molar-refractivity contribution is -0.119. The number of carbonyl (C=O) groups is 1. The number of hydrogen-bond acceptors (Lipinski definition) is 6. The second-order valence-corrected chi connectivity index (χ2v) is 6.58. The van der Waals surface area contributed by atoms with Crippen molar-refractivity contribution in [2.24, 2.45) is 0 Å². The number of amides is 1. The molecule has 0 fully saturated rings.